The van der Waals surface area contributed by atoms with Gasteiger partial charge in [0.15, 0.2) is 5.78 Å². The number of ketones is 1. The van der Waals surface area contributed by atoms with Gasteiger partial charge in [-0.05, 0) is 64.2 Å². The van der Waals surface area contributed by atoms with Crippen molar-refractivity contribution in [2.24, 2.45) is 5.41 Å². The maximum atomic E-state index is 13.1. The van der Waals surface area contributed by atoms with Crippen molar-refractivity contribution in [3.05, 3.63) is 22.0 Å². The van der Waals surface area contributed by atoms with E-state index >= 15 is 0 Å². The maximum Gasteiger partial charge on any atom is 0.357 e. The molecule has 0 spiro atoms. The number of methoxy groups -OCH3 is 2. The van der Waals surface area contributed by atoms with Crippen molar-refractivity contribution in [3.63, 3.8) is 0 Å². The minimum atomic E-state index is -3.38. The Morgan fingerprint density at radius 3 is 1.81 bits per heavy atom. The molecule has 0 fully saturated rings. The molecule has 0 aromatic heterocycles. The van der Waals surface area contributed by atoms with Gasteiger partial charge in [-0.25, -0.2) is 0 Å². The predicted octanol–water partition coefficient (Wildman–Crippen LogP) is 4.51. The van der Waals surface area contributed by atoms with E-state index < -0.39 is 7.60 Å². The Kier molecular flexibility index (Phi) is 8.90. The van der Waals surface area contributed by atoms with Crippen LogP contribution in [0.25, 0.3) is 0 Å². The predicted molar refractivity (Wildman–Crippen MR) is 102 cm³/mol. The van der Waals surface area contributed by atoms with Crippen molar-refractivity contribution in [1.29, 1.82) is 0 Å². The number of allylic oxidation sites excluding steroid dienone is 4. The van der Waals surface area contributed by atoms with Crippen LogP contribution in [0.1, 0.15) is 47.5 Å². The number of Topliss-reactive ketones (excluding diaryl/α,β-unsaturated/α-hetero) is 1. The molecule has 0 N–H and O–H groups in total. The van der Waals surface area contributed by atoms with E-state index in [1.807, 2.05) is 6.92 Å². The molecule has 1 aliphatic rings. The fourth-order valence-corrected chi connectivity index (χ4v) is 5.26. The SMILES string of the molecule is CCOP(=O)(OCC)/C(C)=C(\C)C1=C(C(C)=O)CC(COC)(COC)C1. The first-order chi connectivity index (χ1) is 12.2. The van der Waals surface area contributed by atoms with Gasteiger partial charge in [0.2, 0.25) is 0 Å². The van der Waals surface area contributed by atoms with Gasteiger partial charge >= 0.3 is 7.60 Å². The highest BCUT2D eigenvalue weighted by Gasteiger charge is 2.42. The molecule has 0 bridgehead atoms. The van der Waals surface area contributed by atoms with Gasteiger partial charge in [0.05, 0.1) is 26.4 Å². The van der Waals surface area contributed by atoms with E-state index in [1.54, 1.807) is 41.9 Å². The van der Waals surface area contributed by atoms with Crippen LogP contribution < -0.4 is 0 Å². The van der Waals surface area contributed by atoms with Crippen LogP contribution in [0.5, 0.6) is 0 Å². The standard InChI is InChI=1S/C19H33O6P/c1-8-24-26(21,25-9-2)16(5)14(3)17-10-19(12-22-6,13-23-7)11-18(17)15(4)20/h8-13H2,1-7H3/b16-14+. The quantitative estimate of drug-likeness (QED) is 0.485. The van der Waals surface area contributed by atoms with Crippen molar-refractivity contribution in [2.45, 2.75) is 47.5 Å². The summed E-state index contributed by atoms with van der Waals surface area (Å²) in [6.45, 7) is 10.3. The van der Waals surface area contributed by atoms with Crippen LogP contribution >= 0.6 is 7.60 Å². The largest absolute Gasteiger partial charge is 0.384 e. The second-order valence-electron chi connectivity index (χ2n) is 6.78. The van der Waals surface area contributed by atoms with Gasteiger partial charge in [0, 0.05) is 24.9 Å². The van der Waals surface area contributed by atoms with Gasteiger partial charge < -0.3 is 18.5 Å². The zero-order chi connectivity index (χ0) is 20.0. The maximum absolute atomic E-state index is 13.1. The molecule has 0 radical (unpaired) electrons. The molecular weight excluding hydrogens is 355 g/mol. The first kappa shape index (κ1) is 23.3. The zero-order valence-electron chi connectivity index (χ0n) is 17.1. The van der Waals surface area contributed by atoms with E-state index in [0.29, 0.717) is 31.4 Å². The fourth-order valence-electron chi connectivity index (χ4n) is 3.57. The molecular formula is C19H33O6P. The summed E-state index contributed by atoms with van der Waals surface area (Å²) in [5, 5.41) is 0.556. The first-order valence-corrected chi connectivity index (χ1v) is 10.5. The van der Waals surface area contributed by atoms with Crippen molar-refractivity contribution in [2.75, 3.05) is 40.6 Å². The van der Waals surface area contributed by atoms with Crippen molar-refractivity contribution >= 4 is 13.4 Å². The lowest BCUT2D eigenvalue weighted by molar-refractivity contribution is -0.114. The van der Waals surface area contributed by atoms with Crippen molar-refractivity contribution in [3.8, 4) is 0 Å². The molecule has 1 rings (SSSR count). The lowest BCUT2D eigenvalue weighted by atomic mass is 9.84. The summed E-state index contributed by atoms with van der Waals surface area (Å²) in [4.78, 5) is 12.3. The molecule has 0 aromatic carbocycles. The Bertz CT molecular complexity index is 604. The summed E-state index contributed by atoms with van der Waals surface area (Å²) in [6, 6.07) is 0. The monoisotopic (exact) mass is 388 g/mol. The molecule has 0 saturated heterocycles. The zero-order valence-corrected chi connectivity index (χ0v) is 18.0. The third-order valence-corrected chi connectivity index (χ3v) is 7.15. The average Bonchev–Trinajstić information content (AvgIpc) is 2.94. The second kappa shape index (κ2) is 9.95. The highest BCUT2D eigenvalue weighted by molar-refractivity contribution is 7.58. The molecule has 1 aliphatic carbocycles. The molecule has 0 atom stereocenters. The Balaban J connectivity index is 3.40. The van der Waals surface area contributed by atoms with E-state index in [0.717, 1.165) is 16.7 Å². The van der Waals surface area contributed by atoms with Crippen molar-refractivity contribution in [1.82, 2.24) is 0 Å². The summed E-state index contributed by atoms with van der Waals surface area (Å²) < 4.78 is 34.9. The first-order valence-electron chi connectivity index (χ1n) is 8.98. The smallest absolute Gasteiger partial charge is 0.357 e. The lowest BCUT2D eigenvalue weighted by Crippen LogP contribution is -2.29. The van der Waals surface area contributed by atoms with Crippen LogP contribution in [-0.2, 0) is 27.9 Å². The highest BCUT2D eigenvalue weighted by atomic mass is 31.2. The van der Waals surface area contributed by atoms with E-state index in [2.05, 4.69) is 0 Å². The van der Waals surface area contributed by atoms with Gasteiger partial charge in [-0.2, -0.15) is 0 Å². The normalized spacial score (nSPS) is 18.3. The van der Waals surface area contributed by atoms with Crippen LogP contribution in [0.4, 0.5) is 0 Å². The molecule has 0 aliphatic heterocycles. The molecule has 0 unspecified atom stereocenters. The van der Waals surface area contributed by atoms with E-state index in [-0.39, 0.29) is 24.4 Å². The molecule has 0 amide bonds. The van der Waals surface area contributed by atoms with E-state index in [4.69, 9.17) is 18.5 Å². The lowest BCUT2D eigenvalue weighted by Gasteiger charge is -2.28. The van der Waals surface area contributed by atoms with Crippen molar-refractivity contribution < 1.29 is 27.9 Å². The molecule has 0 heterocycles. The minimum Gasteiger partial charge on any atom is -0.384 e. The van der Waals surface area contributed by atoms with E-state index in [9.17, 15) is 9.36 Å². The van der Waals surface area contributed by atoms with Crippen LogP contribution in [0.15, 0.2) is 22.0 Å². The summed E-state index contributed by atoms with van der Waals surface area (Å²) in [6.07, 6.45) is 1.21. The molecule has 0 saturated carbocycles. The Morgan fingerprint density at radius 1 is 0.962 bits per heavy atom. The van der Waals surface area contributed by atoms with Gasteiger partial charge in [-0.3, -0.25) is 9.36 Å². The number of hydrogen-bond acceptors (Lipinski definition) is 6. The van der Waals surface area contributed by atoms with Gasteiger partial charge in [-0.1, -0.05) is 0 Å². The molecule has 6 nitrogen and oxygen atoms in total. The third kappa shape index (κ3) is 5.14. The number of hydrogen-bond donors (Lipinski definition) is 0. The molecule has 26 heavy (non-hydrogen) atoms. The molecule has 0 aromatic rings. The van der Waals surface area contributed by atoms with Crippen LogP contribution in [-0.4, -0.2) is 46.4 Å². The number of carbonyl (C=O) groups is 1. The summed E-state index contributed by atoms with van der Waals surface area (Å²) in [5.41, 5.74) is 2.16. The summed E-state index contributed by atoms with van der Waals surface area (Å²) in [5.74, 6) is 0.0175. The number of carbonyl (C=O) groups excluding carboxylic acids is 1. The van der Waals surface area contributed by atoms with Gasteiger partial charge in [0.25, 0.3) is 0 Å². The summed E-state index contributed by atoms with van der Waals surface area (Å²) >= 11 is 0. The summed E-state index contributed by atoms with van der Waals surface area (Å²) in [7, 11) is -0.0807. The molecule has 7 heteroatoms. The average molecular weight is 388 g/mol. The fraction of sp³-hybridized carbons (Fsp3) is 0.737. The van der Waals surface area contributed by atoms with Gasteiger partial charge in [-0.15, -0.1) is 0 Å². The van der Waals surface area contributed by atoms with Crippen LogP contribution in [0.2, 0.25) is 0 Å². The van der Waals surface area contributed by atoms with Crippen LogP contribution in [0.3, 0.4) is 0 Å². The van der Waals surface area contributed by atoms with E-state index in [1.165, 1.54) is 0 Å². The Labute approximate surface area is 157 Å². The number of ether oxygens (including phenoxy) is 2. The highest BCUT2D eigenvalue weighted by Crippen LogP contribution is 2.59. The Hall–Kier alpha value is -0.780. The van der Waals surface area contributed by atoms with Crippen LogP contribution in [0, 0.1) is 5.41 Å². The topological polar surface area (TPSA) is 71.1 Å². The minimum absolute atomic E-state index is 0.0175. The Morgan fingerprint density at radius 2 is 1.42 bits per heavy atom. The third-order valence-electron chi connectivity index (χ3n) is 4.80. The second-order valence-corrected chi connectivity index (χ2v) is 8.96. The number of rotatable bonds is 11. The van der Waals surface area contributed by atoms with Gasteiger partial charge in [0.1, 0.15) is 0 Å². The molecule has 150 valence electrons.